The van der Waals surface area contributed by atoms with Gasteiger partial charge in [0.15, 0.2) is 0 Å². The van der Waals surface area contributed by atoms with Crippen molar-refractivity contribution < 1.29 is 18.9 Å². The van der Waals surface area contributed by atoms with E-state index in [-0.39, 0.29) is 0 Å². The molecule has 0 radical (unpaired) electrons. The highest BCUT2D eigenvalue weighted by Crippen LogP contribution is 2.20. The summed E-state index contributed by atoms with van der Waals surface area (Å²) in [6.45, 7) is 3.80. The molecule has 114 valence electrons. The van der Waals surface area contributed by atoms with Crippen LogP contribution in [0.4, 0.5) is 0 Å². The Labute approximate surface area is 116 Å². The largest absolute Gasteiger partial charge is 0.382 e. The molecule has 0 amide bonds. The second kappa shape index (κ2) is 11.6. The van der Waals surface area contributed by atoms with Crippen molar-refractivity contribution in [1.82, 2.24) is 5.32 Å². The van der Waals surface area contributed by atoms with Gasteiger partial charge in [-0.15, -0.1) is 0 Å². The van der Waals surface area contributed by atoms with E-state index in [1.54, 1.807) is 7.11 Å². The molecule has 1 aliphatic rings. The minimum absolute atomic E-state index is 0.348. The van der Waals surface area contributed by atoms with Crippen molar-refractivity contribution in [2.75, 3.05) is 53.8 Å². The number of hydrogen-bond donors (Lipinski definition) is 1. The van der Waals surface area contributed by atoms with Crippen LogP contribution in [0.1, 0.15) is 25.7 Å². The van der Waals surface area contributed by atoms with Crippen LogP contribution < -0.4 is 5.32 Å². The normalized spacial score (nSPS) is 23.7. The topological polar surface area (TPSA) is 49.0 Å². The van der Waals surface area contributed by atoms with Gasteiger partial charge in [-0.05, 0) is 19.9 Å². The van der Waals surface area contributed by atoms with Gasteiger partial charge in [0.05, 0.1) is 45.7 Å². The molecule has 0 spiro atoms. The number of hydrogen-bond acceptors (Lipinski definition) is 5. The molecule has 0 aromatic rings. The molecular weight excluding hydrogens is 246 g/mol. The Morgan fingerprint density at radius 1 is 0.895 bits per heavy atom. The van der Waals surface area contributed by atoms with Crippen molar-refractivity contribution in [3.05, 3.63) is 0 Å². The van der Waals surface area contributed by atoms with E-state index in [0.717, 1.165) is 6.42 Å². The summed E-state index contributed by atoms with van der Waals surface area (Å²) in [6.07, 6.45) is 5.30. The molecule has 0 heterocycles. The summed E-state index contributed by atoms with van der Waals surface area (Å²) in [5, 5.41) is 3.34. The second-order valence-electron chi connectivity index (χ2n) is 4.81. The van der Waals surface area contributed by atoms with Gasteiger partial charge >= 0.3 is 0 Å². The van der Waals surface area contributed by atoms with Crippen LogP contribution in [0.5, 0.6) is 0 Å². The average Bonchev–Trinajstić information content (AvgIpc) is 2.46. The van der Waals surface area contributed by atoms with E-state index in [1.165, 1.54) is 19.3 Å². The standard InChI is InChI=1S/C14H29NO4/c1-15-13-5-3-4-6-14(13)19-12-11-18-10-9-17-8-7-16-2/h13-15H,3-12H2,1-2H3. The van der Waals surface area contributed by atoms with Gasteiger partial charge in [0.25, 0.3) is 0 Å². The fourth-order valence-corrected chi connectivity index (χ4v) is 2.35. The molecule has 0 saturated heterocycles. The monoisotopic (exact) mass is 275 g/mol. The van der Waals surface area contributed by atoms with Gasteiger partial charge in [-0.25, -0.2) is 0 Å². The van der Waals surface area contributed by atoms with Crippen LogP contribution in [0.25, 0.3) is 0 Å². The molecule has 1 rings (SSSR count). The molecule has 0 aromatic heterocycles. The highest BCUT2D eigenvalue weighted by molar-refractivity contribution is 4.80. The fraction of sp³-hybridized carbons (Fsp3) is 1.00. The van der Waals surface area contributed by atoms with Crippen molar-refractivity contribution in [1.29, 1.82) is 0 Å². The van der Waals surface area contributed by atoms with E-state index in [2.05, 4.69) is 5.32 Å². The Morgan fingerprint density at radius 3 is 2.21 bits per heavy atom. The fourth-order valence-electron chi connectivity index (χ4n) is 2.35. The third kappa shape index (κ3) is 7.84. The van der Waals surface area contributed by atoms with E-state index in [0.29, 0.717) is 51.8 Å². The van der Waals surface area contributed by atoms with E-state index in [4.69, 9.17) is 18.9 Å². The zero-order chi connectivity index (χ0) is 13.8. The summed E-state index contributed by atoms with van der Waals surface area (Å²) in [4.78, 5) is 0. The van der Waals surface area contributed by atoms with Crippen LogP contribution >= 0.6 is 0 Å². The van der Waals surface area contributed by atoms with Crippen LogP contribution in [0, 0.1) is 0 Å². The average molecular weight is 275 g/mol. The third-order valence-corrected chi connectivity index (χ3v) is 3.44. The Bertz CT molecular complexity index is 204. The van der Waals surface area contributed by atoms with E-state index < -0.39 is 0 Å². The molecule has 19 heavy (non-hydrogen) atoms. The third-order valence-electron chi connectivity index (χ3n) is 3.44. The van der Waals surface area contributed by atoms with Crippen molar-refractivity contribution in [3.8, 4) is 0 Å². The highest BCUT2D eigenvalue weighted by Gasteiger charge is 2.23. The summed E-state index contributed by atoms with van der Waals surface area (Å²) in [5.74, 6) is 0. The van der Waals surface area contributed by atoms with Gasteiger partial charge in [0.2, 0.25) is 0 Å². The Balaban J connectivity index is 1.89. The highest BCUT2D eigenvalue weighted by atomic mass is 16.6. The Hall–Kier alpha value is -0.200. The first kappa shape index (κ1) is 16.9. The van der Waals surface area contributed by atoms with Crippen molar-refractivity contribution in [2.24, 2.45) is 0 Å². The van der Waals surface area contributed by atoms with Crippen LogP contribution in [0.3, 0.4) is 0 Å². The van der Waals surface area contributed by atoms with Crippen molar-refractivity contribution in [3.63, 3.8) is 0 Å². The van der Waals surface area contributed by atoms with Crippen LogP contribution in [-0.2, 0) is 18.9 Å². The van der Waals surface area contributed by atoms with Gasteiger partial charge in [-0.2, -0.15) is 0 Å². The molecule has 0 bridgehead atoms. The molecule has 1 fully saturated rings. The maximum Gasteiger partial charge on any atom is 0.0729 e. The number of likely N-dealkylation sites (N-methyl/N-ethyl adjacent to an activating group) is 1. The van der Waals surface area contributed by atoms with Crippen LogP contribution in [0.2, 0.25) is 0 Å². The van der Waals surface area contributed by atoms with Gasteiger partial charge in [-0.3, -0.25) is 0 Å². The maximum absolute atomic E-state index is 5.88. The van der Waals surface area contributed by atoms with Gasteiger partial charge in [0.1, 0.15) is 0 Å². The second-order valence-corrected chi connectivity index (χ2v) is 4.81. The first-order valence-electron chi connectivity index (χ1n) is 7.31. The van der Waals surface area contributed by atoms with Crippen LogP contribution in [0.15, 0.2) is 0 Å². The predicted molar refractivity (Wildman–Crippen MR) is 74.6 cm³/mol. The van der Waals surface area contributed by atoms with E-state index in [9.17, 15) is 0 Å². The summed E-state index contributed by atoms with van der Waals surface area (Å²) >= 11 is 0. The molecule has 5 nitrogen and oxygen atoms in total. The molecular formula is C14H29NO4. The maximum atomic E-state index is 5.88. The number of rotatable bonds is 11. The Kier molecular flexibility index (Phi) is 10.3. The molecule has 2 atom stereocenters. The van der Waals surface area contributed by atoms with Gasteiger partial charge < -0.3 is 24.3 Å². The van der Waals surface area contributed by atoms with Gasteiger partial charge in [-0.1, -0.05) is 12.8 Å². The number of nitrogens with one attached hydrogen (secondary N) is 1. The predicted octanol–water partition coefficient (Wildman–Crippen LogP) is 1.21. The summed E-state index contributed by atoms with van der Waals surface area (Å²) < 4.78 is 21.5. The lowest BCUT2D eigenvalue weighted by molar-refractivity contribution is -0.0352. The molecule has 0 aliphatic heterocycles. The summed E-state index contributed by atoms with van der Waals surface area (Å²) in [7, 11) is 3.68. The molecule has 1 aliphatic carbocycles. The Morgan fingerprint density at radius 2 is 1.53 bits per heavy atom. The quantitative estimate of drug-likeness (QED) is 0.574. The molecule has 1 saturated carbocycles. The molecule has 0 aromatic carbocycles. The first-order chi connectivity index (χ1) is 9.38. The zero-order valence-electron chi connectivity index (χ0n) is 12.4. The van der Waals surface area contributed by atoms with E-state index >= 15 is 0 Å². The zero-order valence-corrected chi connectivity index (χ0v) is 12.4. The van der Waals surface area contributed by atoms with Gasteiger partial charge in [0, 0.05) is 13.2 Å². The molecule has 5 heteroatoms. The summed E-state index contributed by atoms with van der Waals surface area (Å²) in [6, 6.07) is 0.506. The first-order valence-corrected chi connectivity index (χ1v) is 7.31. The molecule has 2 unspecified atom stereocenters. The molecule has 1 N–H and O–H groups in total. The lowest BCUT2D eigenvalue weighted by atomic mass is 9.92. The van der Waals surface area contributed by atoms with Crippen molar-refractivity contribution in [2.45, 2.75) is 37.8 Å². The lowest BCUT2D eigenvalue weighted by Crippen LogP contribution is -2.42. The SMILES string of the molecule is CNC1CCCCC1OCCOCCOCCOC. The smallest absolute Gasteiger partial charge is 0.0729 e. The summed E-state index contributed by atoms with van der Waals surface area (Å²) in [5.41, 5.74) is 0. The number of ether oxygens (including phenoxy) is 4. The van der Waals surface area contributed by atoms with Crippen molar-refractivity contribution >= 4 is 0 Å². The van der Waals surface area contributed by atoms with E-state index in [1.807, 2.05) is 7.05 Å². The number of methoxy groups -OCH3 is 1. The lowest BCUT2D eigenvalue weighted by Gasteiger charge is -2.31. The minimum Gasteiger partial charge on any atom is -0.382 e. The minimum atomic E-state index is 0.348. The van der Waals surface area contributed by atoms with Crippen LogP contribution in [-0.4, -0.2) is 65.9 Å².